The molecular weight excluding hydrogens is 480 g/mol. The molecule has 0 amide bonds. The number of halogens is 2. The van der Waals surface area contributed by atoms with E-state index in [0.29, 0.717) is 27.7 Å². The molecular formula is C28H31F2N3O4. The van der Waals surface area contributed by atoms with Crippen molar-refractivity contribution in [3.8, 4) is 0 Å². The number of nitrogens with zero attached hydrogens (tertiary/aromatic N) is 1. The van der Waals surface area contributed by atoms with Crippen molar-refractivity contribution >= 4 is 34.4 Å². The van der Waals surface area contributed by atoms with Crippen LogP contribution in [0, 0.1) is 25.5 Å². The SMILES string of the molecule is CN=C/C(=C\N)c1oc2c(C(C)Nc3ccc(F)c(F)c3C(=O)OC(C)(C)C)cc(C)cc2c(=O)c1C. The highest BCUT2D eigenvalue weighted by molar-refractivity contribution is 6.09. The first kappa shape index (κ1) is 27.6. The van der Waals surface area contributed by atoms with Crippen LogP contribution in [0.4, 0.5) is 14.5 Å². The van der Waals surface area contributed by atoms with E-state index in [9.17, 15) is 18.4 Å². The van der Waals surface area contributed by atoms with E-state index in [0.717, 1.165) is 11.6 Å². The zero-order valence-electron chi connectivity index (χ0n) is 22.0. The lowest BCUT2D eigenvalue weighted by Gasteiger charge is -2.23. The van der Waals surface area contributed by atoms with Gasteiger partial charge in [0.05, 0.1) is 22.7 Å². The summed E-state index contributed by atoms with van der Waals surface area (Å²) in [5.74, 6) is -3.23. The smallest absolute Gasteiger partial charge is 0.343 e. The molecule has 196 valence electrons. The molecule has 3 aromatic rings. The van der Waals surface area contributed by atoms with Crippen LogP contribution in [0.1, 0.15) is 66.5 Å². The van der Waals surface area contributed by atoms with Crippen molar-refractivity contribution < 1.29 is 22.7 Å². The van der Waals surface area contributed by atoms with Gasteiger partial charge in [-0.3, -0.25) is 9.79 Å². The number of rotatable bonds is 6. The highest BCUT2D eigenvalue weighted by Gasteiger charge is 2.27. The fourth-order valence-corrected chi connectivity index (χ4v) is 3.99. The summed E-state index contributed by atoms with van der Waals surface area (Å²) in [6.07, 6.45) is 2.79. The predicted octanol–water partition coefficient (Wildman–Crippen LogP) is 5.82. The molecule has 1 atom stereocenters. The summed E-state index contributed by atoms with van der Waals surface area (Å²) in [7, 11) is 1.57. The maximum atomic E-state index is 14.8. The minimum absolute atomic E-state index is 0.0330. The van der Waals surface area contributed by atoms with Crippen LogP contribution < -0.4 is 16.5 Å². The van der Waals surface area contributed by atoms with Gasteiger partial charge in [-0.05, 0) is 65.3 Å². The van der Waals surface area contributed by atoms with Crippen molar-refractivity contribution in [2.75, 3.05) is 12.4 Å². The summed E-state index contributed by atoms with van der Waals surface area (Å²) in [5, 5.41) is 3.42. The summed E-state index contributed by atoms with van der Waals surface area (Å²) in [6, 6.07) is 5.13. The summed E-state index contributed by atoms with van der Waals surface area (Å²) in [4.78, 5) is 30.0. The lowest BCUT2D eigenvalue weighted by atomic mass is 9.98. The molecule has 1 unspecified atom stereocenters. The topological polar surface area (TPSA) is 107 Å². The van der Waals surface area contributed by atoms with Gasteiger partial charge >= 0.3 is 5.97 Å². The van der Waals surface area contributed by atoms with Crippen molar-refractivity contribution in [1.82, 2.24) is 0 Å². The Morgan fingerprint density at radius 3 is 2.49 bits per heavy atom. The van der Waals surface area contributed by atoms with E-state index in [2.05, 4.69) is 10.3 Å². The standard InChI is InChI=1S/C28H31F2N3O4/c1-14-10-18(26-19(11-14)24(34)15(2)25(36-26)17(12-31)13-32-7)16(3)33-21-9-8-20(29)23(30)22(21)27(35)37-28(4,5)6/h8-13,16,33H,31H2,1-7H3/b17-12+,32-13?. The molecule has 0 aliphatic heterocycles. The van der Waals surface area contributed by atoms with Gasteiger partial charge in [0.2, 0.25) is 0 Å². The largest absolute Gasteiger partial charge is 0.456 e. The third-order valence-corrected chi connectivity index (χ3v) is 5.64. The number of hydrogen-bond donors (Lipinski definition) is 2. The van der Waals surface area contributed by atoms with Gasteiger partial charge in [0.25, 0.3) is 0 Å². The number of carbonyl (C=O) groups is 1. The first-order valence-corrected chi connectivity index (χ1v) is 11.7. The van der Waals surface area contributed by atoms with Crippen molar-refractivity contribution in [2.24, 2.45) is 10.7 Å². The van der Waals surface area contributed by atoms with E-state index < -0.39 is 34.8 Å². The van der Waals surface area contributed by atoms with Gasteiger partial charge in [-0.25, -0.2) is 13.6 Å². The molecule has 1 aromatic heterocycles. The highest BCUT2D eigenvalue weighted by Crippen LogP contribution is 2.32. The lowest BCUT2D eigenvalue weighted by Crippen LogP contribution is -2.26. The number of hydrogen-bond acceptors (Lipinski definition) is 7. The number of ether oxygens (including phenoxy) is 1. The Kier molecular flexibility index (Phi) is 7.86. The number of anilines is 1. The third-order valence-electron chi connectivity index (χ3n) is 5.64. The highest BCUT2D eigenvalue weighted by atomic mass is 19.2. The van der Waals surface area contributed by atoms with E-state index in [4.69, 9.17) is 14.9 Å². The third kappa shape index (κ3) is 5.71. The summed E-state index contributed by atoms with van der Waals surface area (Å²) >= 11 is 0. The lowest BCUT2D eigenvalue weighted by molar-refractivity contribution is 0.00648. The van der Waals surface area contributed by atoms with Crippen LogP contribution in [0.15, 0.2) is 44.7 Å². The van der Waals surface area contributed by atoms with Gasteiger partial charge < -0.3 is 20.2 Å². The Hall–Kier alpha value is -4.01. The zero-order chi connectivity index (χ0) is 27.7. The van der Waals surface area contributed by atoms with Crippen LogP contribution in [0.2, 0.25) is 0 Å². The Bertz CT molecular complexity index is 1480. The molecule has 7 nitrogen and oxygen atoms in total. The molecule has 3 rings (SSSR count). The van der Waals surface area contributed by atoms with E-state index in [1.807, 2.05) is 13.0 Å². The number of nitrogens with two attached hydrogens (primary N) is 1. The van der Waals surface area contributed by atoms with Crippen molar-refractivity contribution in [2.45, 2.75) is 53.2 Å². The van der Waals surface area contributed by atoms with Crippen molar-refractivity contribution in [1.29, 1.82) is 0 Å². The van der Waals surface area contributed by atoms with Gasteiger partial charge in [0.1, 0.15) is 22.5 Å². The van der Waals surface area contributed by atoms with Gasteiger partial charge in [0, 0.05) is 30.6 Å². The molecule has 0 radical (unpaired) electrons. The summed E-state index contributed by atoms with van der Waals surface area (Å²) in [6.45, 7) is 10.1. The van der Waals surface area contributed by atoms with E-state index in [1.54, 1.807) is 47.7 Å². The molecule has 0 bridgehead atoms. The second-order valence-electron chi connectivity index (χ2n) is 9.78. The molecule has 1 heterocycles. The van der Waals surface area contributed by atoms with Crippen LogP contribution in [-0.2, 0) is 4.74 Å². The molecule has 0 aliphatic carbocycles. The maximum Gasteiger partial charge on any atom is 0.343 e. The molecule has 9 heteroatoms. The molecule has 0 saturated heterocycles. The minimum Gasteiger partial charge on any atom is -0.456 e. The Balaban J connectivity index is 2.19. The van der Waals surface area contributed by atoms with Gasteiger partial charge in [-0.2, -0.15) is 0 Å². The second-order valence-corrected chi connectivity index (χ2v) is 9.78. The Labute approximate surface area is 214 Å². The van der Waals surface area contributed by atoms with E-state index in [1.165, 1.54) is 18.5 Å². The fraction of sp³-hybridized carbons (Fsp3) is 0.321. The van der Waals surface area contributed by atoms with E-state index in [-0.39, 0.29) is 16.9 Å². The van der Waals surface area contributed by atoms with Crippen LogP contribution >= 0.6 is 0 Å². The number of aliphatic imine (C=N–C) groups is 1. The maximum absolute atomic E-state index is 14.8. The first-order chi connectivity index (χ1) is 17.3. The molecule has 0 spiro atoms. The molecule has 37 heavy (non-hydrogen) atoms. The van der Waals surface area contributed by atoms with Gasteiger partial charge in [-0.15, -0.1) is 0 Å². The summed E-state index contributed by atoms with van der Waals surface area (Å²) in [5.41, 5.74) is 6.53. The molecule has 0 fully saturated rings. The first-order valence-electron chi connectivity index (χ1n) is 11.7. The van der Waals surface area contributed by atoms with Crippen molar-refractivity contribution in [3.63, 3.8) is 0 Å². The normalized spacial score (nSPS) is 13.3. The number of fused-ring (bicyclic) bond motifs is 1. The van der Waals surface area contributed by atoms with Gasteiger partial charge in [-0.1, -0.05) is 6.07 Å². The summed E-state index contributed by atoms with van der Waals surface area (Å²) < 4.78 is 40.4. The average Bonchev–Trinajstić information content (AvgIpc) is 2.81. The molecule has 3 N–H and O–H groups in total. The average molecular weight is 512 g/mol. The number of benzene rings is 2. The Morgan fingerprint density at radius 1 is 1.22 bits per heavy atom. The fourth-order valence-electron chi connectivity index (χ4n) is 3.99. The number of allylic oxidation sites excluding steroid dienone is 1. The minimum atomic E-state index is -1.32. The number of aryl methyl sites for hydroxylation is 1. The van der Waals surface area contributed by atoms with Crippen LogP contribution in [-0.4, -0.2) is 24.8 Å². The number of nitrogens with one attached hydrogen (secondary N) is 1. The Morgan fingerprint density at radius 2 is 1.89 bits per heavy atom. The molecule has 2 aromatic carbocycles. The monoisotopic (exact) mass is 511 g/mol. The number of esters is 1. The number of carbonyl (C=O) groups excluding carboxylic acids is 1. The predicted molar refractivity (Wildman–Crippen MR) is 142 cm³/mol. The van der Waals surface area contributed by atoms with Crippen LogP contribution in [0.5, 0.6) is 0 Å². The zero-order valence-corrected chi connectivity index (χ0v) is 22.0. The van der Waals surface area contributed by atoms with Crippen LogP contribution in [0.3, 0.4) is 0 Å². The second kappa shape index (κ2) is 10.5. The van der Waals surface area contributed by atoms with Gasteiger partial charge in [0.15, 0.2) is 17.1 Å². The van der Waals surface area contributed by atoms with Crippen LogP contribution in [0.25, 0.3) is 16.5 Å². The quantitative estimate of drug-likeness (QED) is 0.319. The van der Waals surface area contributed by atoms with E-state index >= 15 is 0 Å². The van der Waals surface area contributed by atoms with Crippen molar-refractivity contribution in [3.05, 3.63) is 80.3 Å². The molecule has 0 aliphatic rings. The molecule has 0 saturated carbocycles.